The van der Waals surface area contributed by atoms with E-state index in [1.165, 1.54) is 26.3 Å². The van der Waals surface area contributed by atoms with Crippen LogP contribution >= 0.6 is 0 Å². The Kier molecular flexibility index (Phi) is 12.4. The third-order valence-electron chi connectivity index (χ3n) is 10.1. The second kappa shape index (κ2) is 15.7. The second-order valence-corrected chi connectivity index (χ2v) is 18.1. The van der Waals surface area contributed by atoms with Crippen molar-refractivity contribution in [2.75, 3.05) is 19.3 Å². The van der Waals surface area contributed by atoms with Crippen LogP contribution in [0.25, 0.3) is 0 Å². The van der Waals surface area contributed by atoms with E-state index >= 15 is 0 Å². The molecular weight excluding hydrogens is 628 g/mol. The van der Waals surface area contributed by atoms with E-state index in [2.05, 4.69) is 20.9 Å². The number of β-amino-alcohol motifs (C(OH)–C–C–N with tert-alkyl or cyclic N) is 1. The van der Waals surface area contributed by atoms with Crippen LogP contribution in [0, 0.1) is 11.8 Å². The molecule has 0 radical (unpaired) electrons. The van der Waals surface area contributed by atoms with Gasteiger partial charge in [0.05, 0.1) is 22.9 Å². The number of likely N-dealkylation sites (tertiary alicyclic amines) is 1. The van der Waals surface area contributed by atoms with Gasteiger partial charge in [-0.15, -0.1) is 0 Å². The average Bonchev–Trinajstić information content (AvgIpc) is 2.99. The Morgan fingerprint density at radius 1 is 0.958 bits per heavy atom. The van der Waals surface area contributed by atoms with Crippen molar-refractivity contribution >= 4 is 21.7 Å². The first-order valence-electron chi connectivity index (χ1n) is 17.2. The van der Waals surface area contributed by atoms with E-state index in [0.717, 1.165) is 37.5 Å². The van der Waals surface area contributed by atoms with Crippen LogP contribution in [0.3, 0.4) is 0 Å². The molecule has 1 saturated heterocycles. The molecule has 5 N–H and O–H groups in total. The zero-order valence-corrected chi connectivity index (χ0v) is 30.2. The number of amides is 2. The van der Waals surface area contributed by atoms with Gasteiger partial charge < -0.3 is 26.2 Å². The molecule has 2 aromatic rings. The maximum atomic E-state index is 14.2. The summed E-state index contributed by atoms with van der Waals surface area (Å²) in [6, 6.07) is 13.8. The third-order valence-corrected chi connectivity index (χ3v) is 12.3. The molecule has 0 spiro atoms. The smallest absolute Gasteiger partial charge is 0.239 e. The number of carbonyl (C=O) groups excluding carboxylic acids is 2. The molecule has 48 heavy (non-hydrogen) atoms. The third kappa shape index (κ3) is 10.0. The molecule has 11 heteroatoms. The molecule has 1 heterocycles. The van der Waals surface area contributed by atoms with Gasteiger partial charge in [0.2, 0.25) is 11.8 Å². The number of fused-ring (bicyclic) bond motifs is 1. The van der Waals surface area contributed by atoms with Crippen LogP contribution in [-0.2, 0) is 32.4 Å². The summed E-state index contributed by atoms with van der Waals surface area (Å²) in [6.07, 6.45) is 5.65. The molecule has 2 aromatic carbocycles. The minimum atomic E-state index is -3.73. The van der Waals surface area contributed by atoms with Crippen LogP contribution in [0.15, 0.2) is 54.6 Å². The molecule has 266 valence electrons. The summed E-state index contributed by atoms with van der Waals surface area (Å²) in [5.74, 6) is 0.384. The highest BCUT2D eigenvalue weighted by Gasteiger charge is 2.45. The van der Waals surface area contributed by atoms with Crippen LogP contribution in [-0.4, -0.2) is 89.2 Å². The van der Waals surface area contributed by atoms with Crippen molar-refractivity contribution in [2.45, 2.75) is 114 Å². The van der Waals surface area contributed by atoms with E-state index in [1.807, 2.05) is 51.1 Å². The van der Waals surface area contributed by atoms with Gasteiger partial charge in [0.15, 0.2) is 9.84 Å². The summed E-state index contributed by atoms with van der Waals surface area (Å²) in [5.41, 5.74) is 1.19. The standard InChI is InChI=1S/C37H56N4O6S/c1-36(2,3)40-34(44)31-21-27-16-10-11-17-28(27)23-41(31)24-32(43)30(20-25-13-8-7-9-14-25)39-35(45)33(37(4,5)48(6,46)47)38-22-26-15-12-18-29(42)19-26/h7-9,12-15,18-19,27-28,30-33,38,42-43H,10-11,16-17,20-24H2,1-6H3,(H,39,45)(H,40,44)/t27-,28+,30?,31?,32?,33+/m0/s1. The first-order chi connectivity index (χ1) is 22.4. The minimum Gasteiger partial charge on any atom is -0.508 e. The van der Waals surface area contributed by atoms with Crippen LogP contribution in [0.2, 0.25) is 0 Å². The summed E-state index contributed by atoms with van der Waals surface area (Å²) in [6.45, 7) is 9.93. The fourth-order valence-electron chi connectivity index (χ4n) is 7.17. The Bertz CT molecular complexity index is 1490. The lowest BCUT2D eigenvalue weighted by molar-refractivity contribution is -0.133. The largest absolute Gasteiger partial charge is 0.508 e. The summed E-state index contributed by atoms with van der Waals surface area (Å²) < 4.78 is 24.5. The Morgan fingerprint density at radius 2 is 1.60 bits per heavy atom. The number of rotatable bonds is 13. The lowest BCUT2D eigenvalue weighted by atomic mass is 9.72. The van der Waals surface area contributed by atoms with Crippen molar-refractivity contribution < 1.29 is 28.2 Å². The Labute approximate surface area is 287 Å². The first kappa shape index (κ1) is 37.8. The van der Waals surface area contributed by atoms with E-state index in [4.69, 9.17) is 0 Å². The van der Waals surface area contributed by atoms with E-state index in [0.29, 0.717) is 30.4 Å². The molecular formula is C37H56N4O6S. The number of sulfone groups is 1. The number of piperidine rings is 1. The van der Waals surface area contributed by atoms with Gasteiger partial charge in [0.25, 0.3) is 0 Å². The molecule has 3 unspecified atom stereocenters. The molecule has 2 amide bonds. The quantitative estimate of drug-likeness (QED) is 0.215. The second-order valence-electron chi connectivity index (χ2n) is 15.5. The number of nitrogens with one attached hydrogen (secondary N) is 3. The van der Waals surface area contributed by atoms with E-state index in [-0.39, 0.29) is 24.7 Å². The maximum Gasteiger partial charge on any atom is 0.239 e. The van der Waals surface area contributed by atoms with Crippen LogP contribution in [0.4, 0.5) is 0 Å². The van der Waals surface area contributed by atoms with Gasteiger partial charge in [-0.3, -0.25) is 14.5 Å². The molecule has 1 aliphatic heterocycles. The fraction of sp³-hybridized carbons (Fsp3) is 0.622. The number of aliphatic hydroxyl groups excluding tert-OH is 1. The van der Waals surface area contributed by atoms with Crippen molar-refractivity contribution in [1.82, 2.24) is 20.9 Å². The SMILES string of the molecule is CC(C)(C)NC(=O)C1C[C@@H]2CCCC[C@@H]2CN1CC(O)C(Cc1ccccc1)NC(=O)[C@@H](NCc1cccc(O)c1)C(C)(C)S(C)(=O)=O. The summed E-state index contributed by atoms with van der Waals surface area (Å²) >= 11 is 0. The van der Waals surface area contributed by atoms with Gasteiger partial charge in [-0.05, 0) is 89.0 Å². The Hall–Kier alpha value is -2.99. The molecule has 0 aromatic heterocycles. The van der Waals surface area contributed by atoms with Crippen LogP contribution in [0.1, 0.15) is 77.8 Å². The van der Waals surface area contributed by atoms with E-state index in [1.54, 1.807) is 18.2 Å². The topological polar surface area (TPSA) is 148 Å². The van der Waals surface area contributed by atoms with Gasteiger partial charge in [-0.25, -0.2) is 8.42 Å². The van der Waals surface area contributed by atoms with E-state index in [9.17, 15) is 28.2 Å². The van der Waals surface area contributed by atoms with Crippen molar-refractivity contribution in [3.63, 3.8) is 0 Å². The first-order valence-corrected chi connectivity index (χ1v) is 19.1. The monoisotopic (exact) mass is 684 g/mol. The summed E-state index contributed by atoms with van der Waals surface area (Å²) in [4.78, 5) is 29.9. The molecule has 10 nitrogen and oxygen atoms in total. The predicted molar refractivity (Wildman–Crippen MR) is 189 cm³/mol. The number of benzene rings is 2. The molecule has 0 bridgehead atoms. The number of aromatic hydroxyl groups is 1. The molecule has 2 fully saturated rings. The molecule has 2 aliphatic rings. The highest BCUT2D eigenvalue weighted by Crippen LogP contribution is 2.39. The highest BCUT2D eigenvalue weighted by atomic mass is 32.2. The van der Waals surface area contributed by atoms with Crippen molar-refractivity contribution in [2.24, 2.45) is 11.8 Å². The van der Waals surface area contributed by atoms with Gasteiger partial charge in [-0.1, -0.05) is 61.7 Å². The number of hydrogen-bond acceptors (Lipinski definition) is 8. The van der Waals surface area contributed by atoms with Crippen LogP contribution < -0.4 is 16.0 Å². The number of phenols is 1. The number of phenolic OH excluding ortho intramolecular Hbond substituents is 1. The van der Waals surface area contributed by atoms with Crippen molar-refractivity contribution in [3.05, 3.63) is 65.7 Å². The van der Waals surface area contributed by atoms with Crippen LogP contribution in [0.5, 0.6) is 5.75 Å². The van der Waals surface area contributed by atoms with Gasteiger partial charge in [0.1, 0.15) is 11.8 Å². The minimum absolute atomic E-state index is 0.0477. The summed E-state index contributed by atoms with van der Waals surface area (Å²) in [5, 5.41) is 31.2. The molecule has 1 saturated carbocycles. The molecule has 6 atom stereocenters. The lowest BCUT2D eigenvalue weighted by Crippen LogP contribution is -2.63. The van der Waals surface area contributed by atoms with Crippen molar-refractivity contribution in [3.8, 4) is 5.75 Å². The lowest BCUT2D eigenvalue weighted by Gasteiger charge is -2.47. The maximum absolute atomic E-state index is 14.2. The molecule has 1 aliphatic carbocycles. The predicted octanol–water partition coefficient (Wildman–Crippen LogP) is 3.56. The molecule has 4 rings (SSSR count). The number of hydrogen-bond donors (Lipinski definition) is 5. The Balaban J connectivity index is 1.61. The van der Waals surface area contributed by atoms with Gasteiger partial charge in [-0.2, -0.15) is 0 Å². The normalized spacial score (nSPS) is 22.6. The number of aliphatic hydroxyl groups is 1. The van der Waals surface area contributed by atoms with Gasteiger partial charge in [0, 0.05) is 31.4 Å². The van der Waals surface area contributed by atoms with Crippen molar-refractivity contribution in [1.29, 1.82) is 0 Å². The number of carbonyl (C=O) groups is 2. The number of nitrogens with zero attached hydrogens (tertiary/aromatic N) is 1. The summed E-state index contributed by atoms with van der Waals surface area (Å²) in [7, 11) is -3.73. The zero-order chi connectivity index (χ0) is 35.3. The van der Waals surface area contributed by atoms with E-state index < -0.39 is 50.3 Å². The zero-order valence-electron chi connectivity index (χ0n) is 29.4. The average molecular weight is 685 g/mol. The Morgan fingerprint density at radius 3 is 2.23 bits per heavy atom. The highest BCUT2D eigenvalue weighted by molar-refractivity contribution is 7.92. The van der Waals surface area contributed by atoms with Gasteiger partial charge >= 0.3 is 0 Å². The fourth-order valence-corrected chi connectivity index (χ4v) is 7.78.